The van der Waals surface area contributed by atoms with Gasteiger partial charge in [-0.3, -0.25) is 37.3 Å². The van der Waals surface area contributed by atoms with Gasteiger partial charge in [0.25, 0.3) is 0 Å². The number of phosphoric ester groups is 2. The first-order valence-electron chi connectivity index (χ1n) is 34.6. The maximum Gasteiger partial charge on any atom is 0.472 e. The number of hydrogen-bond acceptors (Lipinski definition) is 15. The molecule has 0 amide bonds. The van der Waals surface area contributed by atoms with Crippen LogP contribution in [0.25, 0.3) is 0 Å². The summed E-state index contributed by atoms with van der Waals surface area (Å²) in [4.78, 5) is 72.2. The molecule has 0 aliphatic heterocycles. The Balaban J connectivity index is 5.23. The fraction of sp³-hybridized carbons (Fsp3) is 0.939. The minimum Gasteiger partial charge on any atom is -0.462 e. The number of unbranched alkanes of at least 4 members (excludes halogenated alkanes) is 33. The number of ether oxygens (including phenoxy) is 4. The molecule has 0 aromatic heterocycles. The molecular weight excluding hydrogens is 1130 g/mol. The van der Waals surface area contributed by atoms with Crippen molar-refractivity contribution in [1.29, 1.82) is 0 Å². The van der Waals surface area contributed by atoms with E-state index >= 15 is 0 Å². The van der Waals surface area contributed by atoms with Gasteiger partial charge < -0.3 is 33.8 Å². The third-order valence-electron chi connectivity index (χ3n) is 15.9. The van der Waals surface area contributed by atoms with E-state index in [4.69, 9.17) is 37.0 Å². The Labute approximate surface area is 517 Å². The van der Waals surface area contributed by atoms with Crippen LogP contribution in [0.15, 0.2) is 0 Å². The zero-order chi connectivity index (χ0) is 62.9. The molecule has 0 aromatic rings. The van der Waals surface area contributed by atoms with E-state index in [0.29, 0.717) is 25.7 Å². The first-order valence-corrected chi connectivity index (χ1v) is 37.6. The Morgan fingerprint density at radius 1 is 0.329 bits per heavy atom. The number of esters is 4. The van der Waals surface area contributed by atoms with Crippen LogP contribution in [0.3, 0.4) is 0 Å². The fourth-order valence-corrected chi connectivity index (χ4v) is 11.4. The predicted molar refractivity (Wildman–Crippen MR) is 340 cm³/mol. The van der Waals surface area contributed by atoms with Crippen molar-refractivity contribution in [1.82, 2.24) is 0 Å². The number of phosphoric acid groups is 2. The van der Waals surface area contributed by atoms with Crippen molar-refractivity contribution in [3.05, 3.63) is 0 Å². The summed E-state index contributed by atoms with van der Waals surface area (Å²) in [5.74, 6) is -0.587. The van der Waals surface area contributed by atoms with Crippen molar-refractivity contribution >= 4 is 39.5 Å². The van der Waals surface area contributed by atoms with Gasteiger partial charge in [-0.25, -0.2) is 9.13 Å². The first-order chi connectivity index (χ1) is 40.9. The average molecular weight is 1260 g/mol. The van der Waals surface area contributed by atoms with E-state index in [-0.39, 0.29) is 25.7 Å². The first kappa shape index (κ1) is 83.1. The molecule has 0 aliphatic rings. The highest BCUT2D eigenvalue weighted by atomic mass is 31.2. The Morgan fingerprint density at radius 3 is 0.835 bits per heavy atom. The Bertz CT molecular complexity index is 1670. The summed E-state index contributed by atoms with van der Waals surface area (Å²) < 4.78 is 68.0. The van der Waals surface area contributed by atoms with E-state index in [1.54, 1.807) is 0 Å². The average Bonchev–Trinajstić information content (AvgIpc) is 3.56. The van der Waals surface area contributed by atoms with E-state index < -0.39 is 97.5 Å². The van der Waals surface area contributed by atoms with Crippen LogP contribution in [0, 0.1) is 11.8 Å². The zero-order valence-electron chi connectivity index (χ0n) is 54.9. The number of rotatable bonds is 65. The van der Waals surface area contributed by atoms with Gasteiger partial charge in [-0.1, -0.05) is 279 Å². The van der Waals surface area contributed by atoms with E-state index in [2.05, 4.69) is 41.5 Å². The summed E-state index contributed by atoms with van der Waals surface area (Å²) in [6.07, 6.45) is 41.6. The van der Waals surface area contributed by atoms with Gasteiger partial charge in [0.2, 0.25) is 0 Å². The Hall–Kier alpha value is -1.94. The highest BCUT2D eigenvalue weighted by molar-refractivity contribution is 7.47. The zero-order valence-corrected chi connectivity index (χ0v) is 56.7. The molecule has 0 heterocycles. The molecule has 0 spiro atoms. The van der Waals surface area contributed by atoms with E-state index in [9.17, 15) is 43.2 Å². The lowest BCUT2D eigenvalue weighted by atomic mass is 9.99. The minimum absolute atomic E-state index is 0.104. The normalized spacial score (nSPS) is 14.9. The molecule has 0 aliphatic carbocycles. The number of aliphatic hydroxyl groups is 1. The molecule has 0 aromatic carbocycles. The largest absolute Gasteiger partial charge is 0.472 e. The lowest BCUT2D eigenvalue weighted by molar-refractivity contribution is -0.161. The topological polar surface area (TPSA) is 237 Å². The lowest BCUT2D eigenvalue weighted by Crippen LogP contribution is -2.30. The predicted octanol–water partition coefficient (Wildman–Crippen LogP) is 18.4. The van der Waals surface area contributed by atoms with Crippen molar-refractivity contribution in [2.75, 3.05) is 39.6 Å². The molecule has 0 saturated heterocycles. The molecule has 19 heteroatoms. The van der Waals surface area contributed by atoms with Crippen molar-refractivity contribution in [2.45, 2.75) is 349 Å². The highest BCUT2D eigenvalue weighted by Crippen LogP contribution is 2.45. The van der Waals surface area contributed by atoms with Crippen LogP contribution in [0.2, 0.25) is 0 Å². The number of aliphatic hydroxyl groups excluding tert-OH is 1. The Kier molecular flexibility index (Phi) is 57.1. The highest BCUT2D eigenvalue weighted by Gasteiger charge is 2.30. The molecule has 3 N–H and O–H groups in total. The third kappa shape index (κ3) is 58.2. The molecule has 7 atom stereocenters. The van der Waals surface area contributed by atoms with Crippen LogP contribution in [0.5, 0.6) is 0 Å². The van der Waals surface area contributed by atoms with Gasteiger partial charge in [-0.2, -0.15) is 0 Å². The van der Waals surface area contributed by atoms with E-state index in [1.165, 1.54) is 135 Å². The minimum atomic E-state index is -4.95. The van der Waals surface area contributed by atoms with Gasteiger partial charge in [-0.15, -0.1) is 0 Å². The molecule has 0 fully saturated rings. The quantitative estimate of drug-likeness (QED) is 0.0222. The monoisotopic (exact) mass is 1250 g/mol. The second-order valence-electron chi connectivity index (χ2n) is 24.3. The Morgan fingerprint density at radius 2 is 0.565 bits per heavy atom. The third-order valence-corrected chi connectivity index (χ3v) is 17.8. The molecule has 0 rings (SSSR count). The summed E-state index contributed by atoms with van der Waals surface area (Å²) in [5, 5.41) is 10.5. The number of hydrogen-bond donors (Lipinski definition) is 3. The SMILES string of the molecule is CCCCCCCCCCCCCCCCC(=O)O[C@H](COC(=O)CCCCCCCCCCC(C)CC)COP(=O)(O)OC[C@@H](O)COP(=O)(O)OC[C@@H](COC(=O)CCCCCCCCC)OC(=O)CCCCCCCCCCC(C)CC. The van der Waals surface area contributed by atoms with E-state index in [1.807, 2.05) is 0 Å². The smallest absolute Gasteiger partial charge is 0.462 e. The van der Waals surface area contributed by atoms with Crippen LogP contribution >= 0.6 is 15.6 Å². The van der Waals surface area contributed by atoms with Gasteiger partial charge >= 0.3 is 39.5 Å². The molecule has 0 radical (unpaired) electrons. The number of carbonyl (C=O) groups is 4. The summed E-state index contributed by atoms with van der Waals surface area (Å²) in [5.41, 5.74) is 0. The molecule has 85 heavy (non-hydrogen) atoms. The van der Waals surface area contributed by atoms with Crippen LogP contribution in [0.1, 0.15) is 330 Å². The lowest BCUT2D eigenvalue weighted by Gasteiger charge is -2.21. The van der Waals surface area contributed by atoms with Gasteiger partial charge in [-0.05, 0) is 37.5 Å². The second-order valence-corrected chi connectivity index (χ2v) is 27.2. The summed E-state index contributed by atoms with van der Waals surface area (Å²) in [7, 11) is -9.89. The molecule has 504 valence electrons. The molecule has 17 nitrogen and oxygen atoms in total. The molecule has 4 unspecified atom stereocenters. The maximum atomic E-state index is 13.0. The van der Waals surface area contributed by atoms with Crippen LogP contribution < -0.4 is 0 Å². The number of carbonyl (C=O) groups excluding carboxylic acids is 4. The van der Waals surface area contributed by atoms with Gasteiger partial charge in [0.05, 0.1) is 26.4 Å². The standard InChI is InChI=1S/C66H128O17P2/c1-7-11-13-15-17-18-19-20-21-22-23-32-38-44-50-65(70)82-62(55-77-64(69)49-43-37-31-26-24-29-34-40-46-58(5)9-3)57-81-85(74,75)79-53-60(67)52-78-84(72,73)80-56-61(54-76-63(68)48-42-36-28-16-14-12-8-2)83-66(71)51-45-39-33-27-25-30-35-41-47-59(6)10-4/h58-62,67H,7-57H2,1-6H3,(H,72,73)(H,74,75)/t58?,59?,60-,61+,62+/m0/s1. The molecular formula is C66H128O17P2. The summed E-state index contributed by atoms with van der Waals surface area (Å²) >= 11 is 0. The van der Waals surface area contributed by atoms with Gasteiger partial charge in [0, 0.05) is 25.7 Å². The van der Waals surface area contributed by atoms with E-state index in [0.717, 1.165) is 115 Å². The second kappa shape index (κ2) is 58.4. The van der Waals surface area contributed by atoms with Crippen molar-refractivity contribution in [3.8, 4) is 0 Å². The van der Waals surface area contributed by atoms with Crippen LogP contribution in [0.4, 0.5) is 0 Å². The van der Waals surface area contributed by atoms with Gasteiger partial charge in [0.15, 0.2) is 12.2 Å². The maximum absolute atomic E-state index is 13.0. The molecule has 0 bridgehead atoms. The van der Waals surface area contributed by atoms with Gasteiger partial charge in [0.1, 0.15) is 19.3 Å². The van der Waals surface area contributed by atoms with Crippen molar-refractivity contribution in [3.63, 3.8) is 0 Å². The van der Waals surface area contributed by atoms with Crippen molar-refractivity contribution in [2.24, 2.45) is 11.8 Å². The fourth-order valence-electron chi connectivity index (χ4n) is 9.82. The van der Waals surface area contributed by atoms with Crippen molar-refractivity contribution < 1.29 is 80.2 Å². The van der Waals surface area contributed by atoms with Crippen LogP contribution in [-0.2, 0) is 65.4 Å². The summed E-state index contributed by atoms with van der Waals surface area (Å²) in [6.45, 7) is 9.48. The molecule has 0 saturated carbocycles. The van der Waals surface area contributed by atoms with Crippen LogP contribution in [-0.4, -0.2) is 96.7 Å². The summed E-state index contributed by atoms with van der Waals surface area (Å²) in [6, 6.07) is 0.